The van der Waals surface area contributed by atoms with Gasteiger partial charge in [-0.25, -0.2) is 0 Å². The summed E-state index contributed by atoms with van der Waals surface area (Å²) in [7, 11) is 0. The molecule has 3 rings (SSSR count). The van der Waals surface area contributed by atoms with Crippen LogP contribution >= 0.6 is 0 Å². The topological polar surface area (TPSA) is 9.23 Å². The zero-order valence-corrected chi connectivity index (χ0v) is 13.9. The van der Waals surface area contributed by atoms with Crippen molar-refractivity contribution >= 4 is 5.57 Å². The highest BCUT2D eigenvalue weighted by molar-refractivity contribution is 5.75. The summed E-state index contributed by atoms with van der Waals surface area (Å²) in [6, 6.07) is 16.3. The van der Waals surface area contributed by atoms with Gasteiger partial charge in [-0.2, -0.15) is 0 Å². The van der Waals surface area contributed by atoms with E-state index in [1.165, 1.54) is 17.7 Å². The summed E-state index contributed by atoms with van der Waals surface area (Å²) in [6.07, 6.45) is 3.46. The molecule has 0 aliphatic heterocycles. The van der Waals surface area contributed by atoms with Gasteiger partial charge in [-0.15, -0.1) is 13.2 Å². The number of hydrogen-bond donors (Lipinski definition) is 0. The first-order valence-electron chi connectivity index (χ1n) is 8.23. The van der Waals surface area contributed by atoms with E-state index in [0.29, 0.717) is 0 Å². The molecule has 0 fully saturated rings. The van der Waals surface area contributed by atoms with Gasteiger partial charge >= 0.3 is 6.36 Å². The number of alkyl halides is 3. The summed E-state index contributed by atoms with van der Waals surface area (Å²) < 4.78 is 40.9. The van der Waals surface area contributed by atoms with Crippen LogP contribution in [0.1, 0.15) is 30.9 Å². The lowest BCUT2D eigenvalue weighted by atomic mass is 9.72. The van der Waals surface area contributed by atoms with Crippen molar-refractivity contribution in [2.75, 3.05) is 0 Å². The van der Waals surface area contributed by atoms with E-state index in [2.05, 4.69) is 42.0 Å². The van der Waals surface area contributed by atoms with Crippen LogP contribution in [0.3, 0.4) is 0 Å². The second-order valence-corrected chi connectivity index (χ2v) is 6.14. The second kappa shape index (κ2) is 6.79. The van der Waals surface area contributed by atoms with Gasteiger partial charge in [0.05, 0.1) is 0 Å². The maximum atomic E-state index is 12.3. The maximum absolute atomic E-state index is 12.3. The van der Waals surface area contributed by atoms with E-state index in [-0.39, 0.29) is 11.2 Å². The molecule has 1 aliphatic rings. The highest BCUT2D eigenvalue weighted by Gasteiger charge is 2.32. The Morgan fingerprint density at radius 1 is 1.00 bits per heavy atom. The van der Waals surface area contributed by atoms with Crippen molar-refractivity contribution in [3.63, 3.8) is 0 Å². The molecule has 1 aliphatic carbocycles. The SMILES string of the molecule is CCC1(c2ccc(OC(F)(F)F)cc2)C=CC(c2ccccc2)=CC1. The quantitative estimate of drug-likeness (QED) is 0.634. The molecule has 0 spiro atoms. The second-order valence-electron chi connectivity index (χ2n) is 6.14. The van der Waals surface area contributed by atoms with Crippen LogP contribution in [0.15, 0.2) is 72.8 Å². The molecule has 0 aromatic heterocycles. The van der Waals surface area contributed by atoms with Crippen molar-refractivity contribution < 1.29 is 17.9 Å². The molecule has 0 radical (unpaired) electrons. The number of hydrogen-bond acceptors (Lipinski definition) is 1. The van der Waals surface area contributed by atoms with E-state index in [1.807, 2.05) is 18.2 Å². The highest BCUT2D eigenvalue weighted by atomic mass is 19.4. The van der Waals surface area contributed by atoms with Gasteiger partial charge in [0.15, 0.2) is 0 Å². The van der Waals surface area contributed by atoms with Crippen molar-refractivity contribution in [3.05, 3.63) is 84.0 Å². The molecule has 0 amide bonds. The normalized spacial score (nSPS) is 20.2. The third-order valence-corrected chi connectivity index (χ3v) is 4.67. The molecule has 0 bridgehead atoms. The van der Waals surface area contributed by atoms with Crippen LogP contribution in [-0.4, -0.2) is 6.36 Å². The Morgan fingerprint density at radius 2 is 1.68 bits per heavy atom. The molecule has 4 heteroatoms. The lowest BCUT2D eigenvalue weighted by molar-refractivity contribution is -0.274. The highest BCUT2D eigenvalue weighted by Crippen LogP contribution is 2.39. The minimum absolute atomic E-state index is 0.192. The van der Waals surface area contributed by atoms with Gasteiger partial charge in [-0.05, 0) is 41.7 Å². The van der Waals surface area contributed by atoms with Gasteiger partial charge < -0.3 is 4.74 Å². The van der Waals surface area contributed by atoms with E-state index in [0.717, 1.165) is 24.0 Å². The van der Waals surface area contributed by atoms with Crippen molar-refractivity contribution in [2.24, 2.45) is 0 Å². The first kappa shape index (κ1) is 17.3. The monoisotopic (exact) mass is 344 g/mol. The predicted octanol–water partition coefficient (Wildman–Crippen LogP) is 6.28. The summed E-state index contributed by atoms with van der Waals surface area (Å²) in [5, 5.41) is 0. The standard InChI is InChI=1S/C21H19F3O/c1-2-20(18-8-10-19(11-9-18)25-21(22,23)24)14-12-17(13-15-20)16-6-4-3-5-7-16/h3-14H,2,15H2,1H3. The van der Waals surface area contributed by atoms with Gasteiger partial charge in [-0.3, -0.25) is 0 Å². The molecule has 2 aromatic rings. The average Bonchev–Trinajstić information content (AvgIpc) is 2.62. The molecule has 0 N–H and O–H groups in total. The molecule has 130 valence electrons. The molecule has 1 atom stereocenters. The number of rotatable bonds is 4. The van der Waals surface area contributed by atoms with Crippen LogP contribution in [0.25, 0.3) is 5.57 Å². The van der Waals surface area contributed by atoms with Crippen molar-refractivity contribution in [1.82, 2.24) is 0 Å². The lowest BCUT2D eigenvalue weighted by Crippen LogP contribution is -2.24. The zero-order chi connectivity index (χ0) is 17.9. The fourth-order valence-corrected chi connectivity index (χ4v) is 3.19. The lowest BCUT2D eigenvalue weighted by Gasteiger charge is -2.32. The van der Waals surface area contributed by atoms with Gasteiger partial charge in [0.25, 0.3) is 0 Å². The number of ether oxygens (including phenoxy) is 1. The van der Waals surface area contributed by atoms with Gasteiger partial charge in [-0.1, -0.05) is 67.6 Å². The number of allylic oxidation sites excluding steroid dienone is 4. The van der Waals surface area contributed by atoms with Gasteiger partial charge in [0, 0.05) is 5.41 Å². The Balaban J connectivity index is 1.81. The number of benzene rings is 2. The average molecular weight is 344 g/mol. The molecule has 1 unspecified atom stereocenters. The van der Waals surface area contributed by atoms with Crippen molar-refractivity contribution in [1.29, 1.82) is 0 Å². The maximum Gasteiger partial charge on any atom is 0.573 e. The summed E-state index contributed by atoms with van der Waals surface area (Å²) in [4.78, 5) is 0. The minimum Gasteiger partial charge on any atom is -0.406 e. The Hall–Kier alpha value is -2.49. The number of halogens is 3. The third kappa shape index (κ3) is 3.95. The molecule has 0 saturated heterocycles. The van der Waals surface area contributed by atoms with E-state index < -0.39 is 6.36 Å². The summed E-state index contributed by atoms with van der Waals surface area (Å²) >= 11 is 0. The van der Waals surface area contributed by atoms with Crippen molar-refractivity contribution in [3.8, 4) is 5.75 Å². The van der Waals surface area contributed by atoms with Crippen molar-refractivity contribution in [2.45, 2.75) is 31.5 Å². The summed E-state index contributed by atoms with van der Waals surface area (Å²) in [5.74, 6) is -0.192. The van der Waals surface area contributed by atoms with Crippen LogP contribution in [0.5, 0.6) is 5.75 Å². The minimum atomic E-state index is -4.66. The molecule has 2 aromatic carbocycles. The predicted molar refractivity (Wildman–Crippen MR) is 93.3 cm³/mol. The molecule has 0 heterocycles. The Bertz CT molecular complexity index is 773. The summed E-state index contributed by atoms with van der Waals surface area (Å²) in [6.45, 7) is 2.09. The third-order valence-electron chi connectivity index (χ3n) is 4.67. The van der Waals surface area contributed by atoms with Crippen LogP contribution in [0.4, 0.5) is 13.2 Å². The van der Waals surface area contributed by atoms with E-state index in [1.54, 1.807) is 12.1 Å². The fraction of sp³-hybridized carbons (Fsp3) is 0.238. The van der Waals surface area contributed by atoms with Gasteiger partial charge in [0.1, 0.15) is 5.75 Å². The first-order valence-corrected chi connectivity index (χ1v) is 8.23. The Morgan fingerprint density at radius 3 is 2.20 bits per heavy atom. The van der Waals surface area contributed by atoms with E-state index in [4.69, 9.17) is 0 Å². The Labute approximate surface area is 145 Å². The van der Waals surface area contributed by atoms with Crippen LogP contribution in [0.2, 0.25) is 0 Å². The van der Waals surface area contributed by atoms with E-state index >= 15 is 0 Å². The zero-order valence-electron chi connectivity index (χ0n) is 13.9. The molecule has 25 heavy (non-hydrogen) atoms. The summed E-state index contributed by atoms with van der Waals surface area (Å²) in [5.41, 5.74) is 3.12. The fourth-order valence-electron chi connectivity index (χ4n) is 3.19. The Kier molecular flexibility index (Phi) is 4.71. The molecule has 1 nitrogen and oxygen atoms in total. The van der Waals surface area contributed by atoms with Crippen LogP contribution in [-0.2, 0) is 5.41 Å². The smallest absolute Gasteiger partial charge is 0.406 e. The van der Waals surface area contributed by atoms with Crippen LogP contribution in [0, 0.1) is 0 Å². The first-order chi connectivity index (χ1) is 11.9. The molecular formula is C21H19F3O. The van der Waals surface area contributed by atoms with Gasteiger partial charge in [0.2, 0.25) is 0 Å². The molecule has 0 saturated carbocycles. The molecular weight excluding hydrogens is 325 g/mol. The van der Waals surface area contributed by atoms with E-state index in [9.17, 15) is 13.2 Å². The van der Waals surface area contributed by atoms with Crippen LogP contribution < -0.4 is 4.74 Å². The largest absolute Gasteiger partial charge is 0.573 e.